The number of halogens is 1. The monoisotopic (exact) mass is 450 g/mol. The average Bonchev–Trinajstić information content (AvgIpc) is 2.90. The number of likely N-dealkylation sites (N-methyl/N-ethyl adjacent to an activating group) is 1. The molecular weight excluding hydrogens is 412 g/mol. The number of fused-ring (bicyclic) bond motifs is 2. The molecule has 0 N–H and O–H groups in total. The van der Waals surface area contributed by atoms with Gasteiger partial charge in [-0.05, 0) is 94.6 Å². The number of allylic oxidation sites excluding steroid dienone is 4. The van der Waals surface area contributed by atoms with Crippen molar-refractivity contribution in [2.75, 3.05) is 27.2 Å². The summed E-state index contributed by atoms with van der Waals surface area (Å²) in [6.07, 6.45) is 8.90. The van der Waals surface area contributed by atoms with Crippen LogP contribution in [-0.4, -0.2) is 42.6 Å². The van der Waals surface area contributed by atoms with Gasteiger partial charge in [0, 0.05) is 19.4 Å². The molecule has 1 aromatic rings. The highest BCUT2D eigenvalue weighted by molar-refractivity contribution is 8.00. The van der Waals surface area contributed by atoms with Crippen LogP contribution >= 0.6 is 24.4 Å². The summed E-state index contributed by atoms with van der Waals surface area (Å²) in [7, 11) is 3.94. The van der Waals surface area contributed by atoms with E-state index in [1.54, 1.807) is 18.4 Å². The Labute approximate surface area is 194 Å². The first-order valence-electron chi connectivity index (χ1n) is 10.6. The van der Waals surface area contributed by atoms with Crippen LogP contribution in [0.2, 0.25) is 0 Å². The Morgan fingerprint density at radius 1 is 1.23 bits per heavy atom. The standard InChI is InChI=1S/C19H26N2S.C6H12O.ClH/c1-5-15(3)22-21-12-16-9-8-14(2)11-17(16)18-13-20(4)10-6-7-19(18)21;1-4-5-6(2)7-3;/h5,8-9,11H,6-7,10,12-13H2,1-4H3;4-6H,1-3H3;1H/b15-5+;5-4-;. The molecule has 0 saturated carbocycles. The predicted octanol–water partition coefficient (Wildman–Crippen LogP) is 6.84. The van der Waals surface area contributed by atoms with Gasteiger partial charge in [0.25, 0.3) is 0 Å². The number of hydrogen-bond acceptors (Lipinski definition) is 4. The molecule has 0 aliphatic carbocycles. The Morgan fingerprint density at radius 3 is 2.57 bits per heavy atom. The normalized spacial score (nSPS) is 18.1. The molecule has 30 heavy (non-hydrogen) atoms. The van der Waals surface area contributed by atoms with Gasteiger partial charge >= 0.3 is 0 Å². The molecule has 1 unspecified atom stereocenters. The lowest BCUT2D eigenvalue weighted by Crippen LogP contribution is -2.25. The summed E-state index contributed by atoms with van der Waals surface area (Å²) in [4.78, 5) is 3.84. The first-order valence-corrected chi connectivity index (χ1v) is 11.4. The molecule has 0 amide bonds. The minimum Gasteiger partial charge on any atom is -0.378 e. The quantitative estimate of drug-likeness (QED) is 0.368. The molecule has 2 aliphatic heterocycles. The van der Waals surface area contributed by atoms with Gasteiger partial charge in [0.05, 0.1) is 12.6 Å². The molecule has 0 bridgehead atoms. The van der Waals surface area contributed by atoms with E-state index in [0.717, 1.165) is 13.1 Å². The van der Waals surface area contributed by atoms with Gasteiger partial charge in [-0.25, -0.2) is 0 Å². The van der Waals surface area contributed by atoms with E-state index in [-0.39, 0.29) is 18.5 Å². The third-order valence-corrected chi connectivity index (χ3v) is 6.52. The SMILES string of the molecule is C/C=C(\C)SN1Cc2ccc(C)cc2C2=C1CCCN(C)C2.C/C=C\C(C)OC.Cl. The lowest BCUT2D eigenvalue weighted by Gasteiger charge is -2.34. The minimum atomic E-state index is 0. The van der Waals surface area contributed by atoms with Gasteiger partial charge in [0.1, 0.15) is 0 Å². The molecule has 3 nitrogen and oxygen atoms in total. The van der Waals surface area contributed by atoms with E-state index in [9.17, 15) is 0 Å². The molecule has 0 fully saturated rings. The van der Waals surface area contributed by atoms with Crippen molar-refractivity contribution in [1.29, 1.82) is 0 Å². The fourth-order valence-electron chi connectivity index (χ4n) is 3.65. The van der Waals surface area contributed by atoms with Gasteiger partial charge in [-0.2, -0.15) is 0 Å². The third-order valence-electron chi connectivity index (χ3n) is 5.43. The smallest absolute Gasteiger partial charge is 0.0723 e. The number of hydrogen-bond donors (Lipinski definition) is 0. The van der Waals surface area contributed by atoms with E-state index in [4.69, 9.17) is 4.74 Å². The van der Waals surface area contributed by atoms with Crippen LogP contribution < -0.4 is 0 Å². The van der Waals surface area contributed by atoms with Crippen molar-refractivity contribution in [3.05, 3.63) is 63.7 Å². The van der Waals surface area contributed by atoms with Crippen molar-refractivity contribution in [2.45, 2.75) is 60.1 Å². The molecule has 168 valence electrons. The maximum Gasteiger partial charge on any atom is 0.0723 e. The van der Waals surface area contributed by atoms with Crippen LogP contribution in [0.15, 0.2) is 47.0 Å². The van der Waals surface area contributed by atoms with Crippen molar-refractivity contribution >= 4 is 29.9 Å². The Bertz CT molecular complexity index is 772. The van der Waals surface area contributed by atoms with Crippen LogP contribution in [0, 0.1) is 6.92 Å². The number of nitrogens with zero attached hydrogens (tertiary/aromatic N) is 2. The highest BCUT2D eigenvalue weighted by Gasteiger charge is 2.27. The molecular formula is C25H39ClN2OS. The molecule has 5 heteroatoms. The fraction of sp³-hybridized carbons (Fsp3) is 0.520. The minimum absolute atomic E-state index is 0. The molecule has 2 heterocycles. The Kier molecular flexibility index (Phi) is 11.9. The lowest BCUT2D eigenvalue weighted by atomic mass is 9.92. The molecule has 0 radical (unpaired) electrons. The van der Waals surface area contributed by atoms with E-state index < -0.39 is 0 Å². The van der Waals surface area contributed by atoms with Crippen molar-refractivity contribution in [3.63, 3.8) is 0 Å². The van der Waals surface area contributed by atoms with Gasteiger partial charge in [0.2, 0.25) is 0 Å². The van der Waals surface area contributed by atoms with Crippen LogP contribution in [0.1, 0.15) is 57.2 Å². The van der Waals surface area contributed by atoms with Gasteiger partial charge < -0.3 is 13.9 Å². The van der Waals surface area contributed by atoms with Crippen molar-refractivity contribution < 1.29 is 4.74 Å². The molecule has 1 aromatic carbocycles. The highest BCUT2D eigenvalue weighted by Crippen LogP contribution is 2.41. The summed E-state index contributed by atoms with van der Waals surface area (Å²) in [5.41, 5.74) is 7.41. The Hall–Kier alpha value is -1.20. The predicted molar refractivity (Wildman–Crippen MR) is 136 cm³/mol. The van der Waals surface area contributed by atoms with Gasteiger partial charge in [-0.3, -0.25) is 0 Å². The summed E-state index contributed by atoms with van der Waals surface area (Å²) in [6.45, 7) is 13.8. The lowest BCUT2D eigenvalue weighted by molar-refractivity contribution is 0.156. The molecule has 2 aliphatic rings. The fourth-order valence-corrected chi connectivity index (χ4v) is 4.61. The largest absolute Gasteiger partial charge is 0.378 e. The molecule has 0 aromatic heterocycles. The van der Waals surface area contributed by atoms with Gasteiger partial charge in [0.15, 0.2) is 0 Å². The summed E-state index contributed by atoms with van der Waals surface area (Å²) in [5, 5.41) is 0. The van der Waals surface area contributed by atoms with Crippen molar-refractivity contribution in [1.82, 2.24) is 9.21 Å². The first kappa shape index (κ1) is 26.8. The summed E-state index contributed by atoms with van der Waals surface area (Å²) < 4.78 is 7.43. The molecule has 3 rings (SSSR count). The van der Waals surface area contributed by atoms with Crippen LogP contribution in [0.5, 0.6) is 0 Å². The van der Waals surface area contributed by atoms with Crippen LogP contribution in [0.3, 0.4) is 0 Å². The molecule has 1 atom stereocenters. The zero-order chi connectivity index (χ0) is 21.4. The second kappa shape index (κ2) is 13.3. The number of aryl methyl sites for hydroxylation is 1. The van der Waals surface area contributed by atoms with Crippen LogP contribution in [-0.2, 0) is 11.3 Å². The molecule has 0 spiro atoms. The zero-order valence-electron chi connectivity index (χ0n) is 19.7. The van der Waals surface area contributed by atoms with E-state index in [1.165, 1.54) is 41.0 Å². The first-order chi connectivity index (χ1) is 13.9. The van der Waals surface area contributed by atoms with E-state index >= 15 is 0 Å². The summed E-state index contributed by atoms with van der Waals surface area (Å²) in [6, 6.07) is 6.95. The number of rotatable bonds is 4. The van der Waals surface area contributed by atoms with E-state index in [1.807, 2.05) is 37.9 Å². The number of methoxy groups -OCH3 is 1. The van der Waals surface area contributed by atoms with E-state index in [0.29, 0.717) is 0 Å². The molecule has 0 saturated heterocycles. The Balaban J connectivity index is 0.000000489. The second-order valence-corrected chi connectivity index (χ2v) is 9.19. The summed E-state index contributed by atoms with van der Waals surface area (Å²) in [5.74, 6) is 0. The Morgan fingerprint density at radius 2 is 1.97 bits per heavy atom. The van der Waals surface area contributed by atoms with Crippen LogP contribution in [0.25, 0.3) is 5.57 Å². The maximum atomic E-state index is 4.90. The summed E-state index contributed by atoms with van der Waals surface area (Å²) >= 11 is 1.90. The van der Waals surface area contributed by atoms with Crippen LogP contribution in [0.4, 0.5) is 0 Å². The third kappa shape index (κ3) is 7.49. The maximum absolute atomic E-state index is 4.90. The zero-order valence-corrected chi connectivity index (χ0v) is 21.3. The van der Waals surface area contributed by atoms with Gasteiger partial charge in [-0.1, -0.05) is 42.0 Å². The topological polar surface area (TPSA) is 15.7 Å². The average molecular weight is 451 g/mol. The highest BCUT2D eigenvalue weighted by atomic mass is 35.5. The number of ether oxygens (including phenoxy) is 1. The van der Waals surface area contributed by atoms with Gasteiger partial charge in [-0.15, -0.1) is 12.4 Å². The van der Waals surface area contributed by atoms with Crippen molar-refractivity contribution in [2.24, 2.45) is 0 Å². The van der Waals surface area contributed by atoms with E-state index in [2.05, 4.69) is 61.3 Å². The second-order valence-electron chi connectivity index (χ2n) is 7.92. The number of benzene rings is 1. The van der Waals surface area contributed by atoms with Crippen molar-refractivity contribution in [3.8, 4) is 0 Å².